The molecule has 0 radical (unpaired) electrons. The third kappa shape index (κ3) is 5.00. The van der Waals surface area contributed by atoms with Crippen molar-refractivity contribution in [2.45, 2.75) is 27.2 Å². The first-order valence-electron chi connectivity index (χ1n) is 2.96. The van der Waals surface area contributed by atoms with Gasteiger partial charge in [0.05, 0.1) is 0 Å². The SMILES string of the molecule is CC/C(C)=N/NC(C)=O. The van der Waals surface area contributed by atoms with Gasteiger partial charge in [0.1, 0.15) is 0 Å². The summed E-state index contributed by atoms with van der Waals surface area (Å²) < 4.78 is 0. The fraction of sp³-hybridized carbons (Fsp3) is 0.667. The minimum absolute atomic E-state index is 0.122. The van der Waals surface area contributed by atoms with E-state index in [1.54, 1.807) is 0 Å². The van der Waals surface area contributed by atoms with Crippen molar-refractivity contribution < 1.29 is 4.79 Å². The van der Waals surface area contributed by atoms with E-state index in [9.17, 15) is 4.79 Å². The maximum atomic E-state index is 10.2. The van der Waals surface area contributed by atoms with E-state index in [1.807, 2.05) is 13.8 Å². The number of carbonyl (C=O) groups excluding carboxylic acids is 1. The Bertz CT molecular complexity index is 129. The van der Waals surface area contributed by atoms with Crippen LogP contribution in [0.3, 0.4) is 0 Å². The molecule has 0 saturated heterocycles. The zero-order valence-corrected chi connectivity index (χ0v) is 6.06. The van der Waals surface area contributed by atoms with Gasteiger partial charge in [-0.2, -0.15) is 5.10 Å². The van der Waals surface area contributed by atoms with Gasteiger partial charge in [-0.05, 0) is 13.3 Å². The summed E-state index contributed by atoms with van der Waals surface area (Å²) in [5.74, 6) is -0.122. The second kappa shape index (κ2) is 4.06. The first-order valence-corrected chi connectivity index (χ1v) is 2.96. The van der Waals surface area contributed by atoms with Gasteiger partial charge in [0.2, 0.25) is 5.91 Å². The molecule has 0 aromatic heterocycles. The van der Waals surface area contributed by atoms with Crippen LogP contribution in [-0.4, -0.2) is 11.6 Å². The van der Waals surface area contributed by atoms with Crippen molar-refractivity contribution in [1.82, 2.24) is 5.43 Å². The normalized spacial score (nSPS) is 11.2. The van der Waals surface area contributed by atoms with Crippen molar-refractivity contribution in [3.63, 3.8) is 0 Å². The molecule has 3 heteroatoms. The van der Waals surface area contributed by atoms with E-state index in [2.05, 4.69) is 10.5 Å². The van der Waals surface area contributed by atoms with E-state index in [0.29, 0.717) is 0 Å². The molecule has 0 rings (SSSR count). The lowest BCUT2D eigenvalue weighted by Gasteiger charge is -1.93. The van der Waals surface area contributed by atoms with Crippen LogP contribution in [-0.2, 0) is 4.79 Å². The van der Waals surface area contributed by atoms with Crippen LogP contribution in [0.1, 0.15) is 27.2 Å². The molecular weight excluding hydrogens is 116 g/mol. The van der Waals surface area contributed by atoms with Crippen LogP contribution >= 0.6 is 0 Å². The van der Waals surface area contributed by atoms with Crippen LogP contribution in [0, 0.1) is 0 Å². The summed E-state index contributed by atoms with van der Waals surface area (Å²) in [5, 5.41) is 3.76. The maximum absolute atomic E-state index is 10.2. The third-order valence-electron chi connectivity index (χ3n) is 0.916. The minimum Gasteiger partial charge on any atom is -0.274 e. The Kier molecular flexibility index (Phi) is 3.67. The molecule has 0 aliphatic heterocycles. The first-order chi connectivity index (χ1) is 4.16. The summed E-state index contributed by atoms with van der Waals surface area (Å²) in [6.45, 7) is 5.29. The monoisotopic (exact) mass is 128 g/mol. The van der Waals surface area contributed by atoms with E-state index in [4.69, 9.17) is 0 Å². The largest absolute Gasteiger partial charge is 0.274 e. The average molecular weight is 128 g/mol. The smallest absolute Gasteiger partial charge is 0.236 e. The second-order valence-corrected chi connectivity index (χ2v) is 1.87. The molecule has 0 saturated carbocycles. The van der Waals surface area contributed by atoms with E-state index in [-0.39, 0.29) is 5.91 Å². The lowest BCUT2D eigenvalue weighted by Crippen LogP contribution is -2.14. The molecule has 0 aliphatic carbocycles. The Balaban J connectivity index is 3.56. The van der Waals surface area contributed by atoms with Crippen molar-refractivity contribution in [3.05, 3.63) is 0 Å². The standard InChI is InChI=1S/C6H12N2O/c1-4-5(2)7-8-6(3)9/h4H2,1-3H3,(H,8,9)/b7-5+. The van der Waals surface area contributed by atoms with E-state index in [0.717, 1.165) is 12.1 Å². The molecule has 0 unspecified atom stereocenters. The maximum Gasteiger partial charge on any atom is 0.236 e. The van der Waals surface area contributed by atoms with E-state index < -0.39 is 0 Å². The number of hydrogen-bond donors (Lipinski definition) is 1. The van der Waals surface area contributed by atoms with Crippen molar-refractivity contribution in [1.29, 1.82) is 0 Å². The lowest BCUT2D eigenvalue weighted by atomic mass is 10.3. The summed E-state index contributed by atoms with van der Waals surface area (Å²) in [4.78, 5) is 10.2. The lowest BCUT2D eigenvalue weighted by molar-refractivity contribution is -0.118. The number of nitrogens with zero attached hydrogens (tertiary/aromatic N) is 1. The van der Waals surface area contributed by atoms with Gasteiger partial charge in [0.15, 0.2) is 0 Å². The number of rotatable bonds is 2. The highest BCUT2D eigenvalue weighted by Gasteiger charge is 1.86. The van der Waals surface area contributed by atoms with Crippen LogP contribution in [0.2, 0.25) is 0 Å². The summed E-state index contributed by atoms with van der Waals surface area (Å²) in [6, 6.07) is 0. The molecule has 1 amide bonds. The Labute approximate surface area is 55.1 Å². The highest BCUT2D eigenvalue weighted by atomic mass is 16.2. The molecule has 52 valence electrons. The average Bonchev–Trinajstić information content (AvgIpc) is 1.83. The number of hydrazone groups is 1. The number of amides is 1. The third-order valence-corrected chi connectivity index (χ3v) is 0.916. The fourth-order valence-corrected chi connectivity index (χ4v) is 0.253. The van der Waals surface area contributed by atoms with Crippen LogP contribution in [0.15, 0.2) is 5.10 Å². The topological polar surface area (TPSA) is 41.5 Å². The first kappa shape index (κ1) is 8.14. The second-order valence-electron chi connectivity index (χ2n) is 1.87. The van der Waals surface area contributed by atoms with Gasteiger partial charge in [-0.15, -0.1) is 0 Å². The summed E-state index contributed by atoms with van der Waals surface area (Å²) in [7, 11) is 0. The summed E-state index contributed by atoms with van der Waals surface area (Å²) >= 11 is 0. The van der Waals surface area contributed by atoms with Gasteiger partial charge in [0.25, 0.3) is 0 Å². The Morgan fingerprint density at radius 2 is 2.11 bits per heavy atom. The Morgan fingerprint density at radius 1 is 1.56 bits per heavy atom. The van der Waals surface area contributed by atoms with Gasteiger partial charge in [0, 0.05) is 12.6 Å². The highest BCUT2D eigenvalue weighted by molar-refractivity contribution is 5.83. The van der Waals surface area contributed by atoms with Crippen molar-refractivity contribution in [2.75, 3.05) is 0 Å². The van der Waals surface area contributed by atoms with Crippen molar-refractivity contribution in [2.24, 2.45) is 5.10 Å². The molecule has 0 atom stereocenters. The van der Waals surface area contributed by atoms with E-state index in [1.165, 1.54) is 6.92 Å². The zero-order valence-electron chi connectivity index (χ0n) is 6.06. The van der Waals surface area contributed by atoms with Crippen LogP contribution in [0.4, 0.5) is 0 Å². The predicted molar refractivity (Wildman–Crippen MR) is 37.2 cm³/mol. The van der Waals surface area contributed by atoms with Gasteiger partial charge >= 0.3 is 0 Å². The molecule has 9 heavy (non-hydrogen) atoms. The molecule has 3 nitrogen and oxygen atoms in total. The summed E-state index contributed by atoms with van der Waals surface area (Å²) in [6.07, 6.45) is 0.875. The van der Waals surface area contributed by atoms with Crippen LogP contribution in [0.5, 0.6) is 0 Å². The molecule has 0 spiro atoms. The quantitative estimate of drug-likeness (QED) is 0.436. The van der Waals surface area contributed by atoms with Crippen molar-refractivity contribution in [3.8, 4) is 0 Å². The fourth-order valence-electron chi connectivity index (χ4n) is 0.253. The molecule has 1 N–H and O–H groups in total. The number of carbonyl (C=O) groups is 1. The van der Waals surface area contributed by atoms with Crippen LogP contribution in [0.25, 0.3) is 0 Å². The van der Waals surface area contributed by atoms with Gasteiger partial charge in [-0.25, -0.2) is 5.43 Å². The molecule has 0 fully saturated rings. The van der Waals surface area contributed by atoms with Crippen molar-refractivity contribution >= 4 is 11.6 Å². The molecule has 0 aromatic rings. The molecule has 0 bridgehead atoms. The van der Waals surface area contributed by atoms with Crippen LogP contribution < -0.4 is 5.43 Å². The predicted octanol–water partition coefficient (Wildman–Crippen LogP) is 0.908. The molecule has 0 heterocycles. The van der Waals surface area contributed by atoms with Gasteiger partial charge in [-0.3, -0.25) is 4.79 Å². The Morgan fingerprint density at radius 3 is 2.44 bits per heavy atom. The van der Waals surface area contributed by atoms with E-state index >= 15 is 0 Å². The van der Waals surface area contributed by atoms with Gasteiger partial charge in [-0.1, -0.05) is 6.92 Å². The Hall–Kier alpha value is -0.860. The minimum atomic E-state index is -0.122. The zero-order chi connectivity index (χ0) is 7.28. The molecule has 0 aliphatic rings. The number of nitrogens with one attached hydrogen (secondary N) is 1. The molecule has 0 aromatic carbocycles. The highest BCUT2D eigenvalue weighted by Crippen LogP contribution is 1.79. The summed E-state index contributed by atoms with van der Waals surface area (Å²) in [5.41, 5.74) is 3.28. The number of hydrogen-bond acceptors (Lipinski definition) is 2. The molecular formula is C6H12N2O. The van der Waals surface area contributed by atoms with Gasteiger partial charge < -0.3 is 0 Å².